The SMILES string of the molecule is C[C@H]1CCC[C@@](O)(CCC(=O)c2cn(CCC(F)F)c3cccc(Cl)c23)C1. The number of aryl methyl sites for hydroxylation is 1. The summed E-state index contributed by atoms with van der Waals surface area (Å²) >= 11 is 6.31. The van der Waals surface area contributed by atoms with E-state index in [2.05, 4.69) is 6.92 Å². The Morgan fingerprint density at radius 1 is 1.44 bits per heavy atom. The van der Waals surface area contributed by atoms with Crippen LogP contribution in [0.1, 0.15) is 62.2 Å². The van der Waals surface area contributed by atoms with Gasteiger partial charge in [0.25, 0.3) is 0 Å². The van der Waals surface area contributed by atoms with Crippen LogP contribution in [0.25, 0.3) is 10.9 Å². The van der Waals surface area contributed by atoms with E-state index in [1.807, 2.05) is 0 Å². The lowest BCUT2D eigenvalue weighted by molar-refractivity contribution is -0.0204. The number of ketones is 1. The van der Waals surface area contributed by atoms with Crippen LogP contribution in [-0.2, 0) is 6.54 Å². The number of aliphatic hydroxyl groups is 1. The molecule has 27 heavy (non-hydrogen) atoms. The normalized spacial score (nSPS) is 23.3. The summed E-state index contributed by atoms with van der Waals surface area (Å²) in [6.45, 7) is 2.26. The molecule has 1 fully saturated rings. The fraction of sp³-hybridized carbons (Fsp3) is 0.571. The monoisotopic (exact) mass is 397 g/mol. The summed E-state index contributed by atoms with van der Waals surface area (Å²) in [7, 11) is 0. The number of hydrogen-bond donors (Lipinski definition) is 1. The number of rotatable bonds is 7. The molecule has 148 valence electrons. The Morgan fingerprint density at radius 3 is 2.93 bits per heavy atom. The third-order valence-corrected chi connectivity index (χ3v) is 5.94. The van der Waals surface area contributed by atoms with Crippen molar-refractivity contribution >= 4 is 28.3 Å². The molecule has 1 saturated carbocycles. The van der Waals surface area contributed by atoms with E-state index >= 15 is 0 Å². The highest BCUT2D eigenvalue weighted by atomic mass is 35.5. The number of hydrogen-bond acceptors (Lipinski definition) is 2. The van der Waals surface area contributed by atoms with E-state index in [9.17, 15) is 18.7 Å². The van der Waals surface area contributed by atoms with Gasteiger partial charge >= 0.3 is 0 Å². The molecule has 0 amide bonds. The number of halogens is 3. The maximum absolute atomic E-state index is 12.9. The van der Waals surface area contributed by atoms with Crippen LogP contribution in [0.5, 0.6) is 0 Å². The van der Waals surface area contributed by atoms with Crippen LogP contribution < -0.4 is 0 Å². The molecule has 0 unspecified atom stereocenters. The largest absolute Gasteiger partial charge is 0.390 e. The lowest BCUT2D eigenvalue weighted by Crippen LogP contribution is -2.35. The fourth-order valence-corrected chi connectivity index (χ4v) is 4.55. The average Bonchev–Trinajstić information content (AvgIpc) is 2.98. The first-order valence-electron chi connectivity index (χ1n) is 9.60. The van der Waals surface area contributed by atoms with Gasteiger partial charge in [-0.05, 0) is 37.3 Å². The molecular weight excluding hydrogens is 372 g/mol. The molecule has 3 nitrogen and oxygen atoms in total. The van der Waals surface area contributed by atoms with Crippen LogP contribution in [0, 0.1) is 5.92 Å². The highest BCUT2D eigenvalue weighted by Crippen LogP contribution is 2.36. The van der Waals surface area contributed by atoms with Gasteiger partial charge in [0.2, 0.25) is 6.43 Å². The fourth-order valence-electron chi connectivity index (χ4n) is 4.28. The van der Waals surface area contributed by atoms with Gasteiger partial charge in [0.05, 0.1) is 16.1 Å². The Morgan fingerprint density at radius 2 is 2.22 bits per heavy atom. The summed E-state index contributed by atoms with van der Waals surface area (Å²) < 4.78 is 26.9. The predicted molar refractivity (Wildman–Crippen MR) is 104 cm³/mol. The molecule has 0 spiro atoms. The molecule has 1 aromatic heterocycles. The summed E-state index contributed by atoms with van der Waals surface area (Å²) in [6.07, 6.45) is 3.14. The summed E-state index contributed by atoms with van der Waals surface area (Å²) in [6, 6.07) is 5.25. The summed E-state index contributed by atoms with van der Waals surface area (Å²) in [5, 5.41) is 11.8. The van der Waals surface area contributed by atoms with Crippen LogP contribution in [-0.4, -0.2) is 27.5 Å². The molecular formula is C21H26ClF2NO2. The second-order valence-electron chi connectivity index (χ2n) is 7.90. The Hall–Kier alpha value is -1.46. The van der Waals surface area contributed by atoms with Gasteiger partial charge in [-0.3, -0.25) is 4.79 Å². The first-order chi connectivity index (χ1) is 12.8. The van der Waals surface area contributed by atoms with E-state index < -0.39 is 12.0 Å². The van der Waals surface area contributed by atoms with Crippen LogP contribution in [0.4, 0.5) is 8.78 Å². The molecule has 0 bridgehead atoms. The number of fused-ring (bicyclic) bond motifs is 1. The van der Waals surface area contributed by atoms with E-state index in [-0.39, 0.29) is 25.2 Å². The van der Waals surface area contributed by atoms with Crippen molar-refractivity contribution in [2.24, 2.45) is 5.92 Å². The molecule has 3 rings (SSSR count). The van der Waals surface area contributed by atoms with E-state index in [1.165, 1.54) is 0 Å². The van der Waals surface area contributed by atoms with Crippen molar-refractivity contribution in [3.05, 3.63) is 35.0 Å². The Labute approximate surface area is 163 Å². The number of alkyl halides is 2. The predicted octanol–water partition coefficient (Wildman–Crippen LogP) is 5.85. The minimum atomic E-state index is -2.40. The van der Waals surface area contributed by atoms with Crippen LogP contribution in [0.3, 0.4) is 0 Å². The topological polar surface area (TPSA) is 42.2 Å². The van der Waals surface area contributed by atoms with Gasteiger partial charge in [0.1, 0.15) is 0 Å². The quantitative estimate of drug-likeness (QED) is 0.595. The second-order valence-corrected chi connectivity index (χ2v) is 8.31. The highest BCUT2D eigenvalue weighted by molar-refractivity contribution is 6.37. The summed E-state index contributed by atoms with van der Waals surface area (Å²) in [5.41, 5.74) is 0.361. The molecule has 2 atom stereocenters. The van der Waals surface area contributed by atoms with Crippen molar-refractivity contribution in [3.8, 4) is 0 Å². The van der Waals surface area contributed by atoms with Gasteiger partial charge in [-0.1, -0.05) is 37.4 Å². The first kappa shape index (κ1) is 20.3. The molecule has 1 aromatic carbocycles. The van der Waals surface area contributed by atoms with Crippen molar-refractivity contribution in [3.63, 3.8) is 0 Å². The van der Waals surface area contributed by atoms with E-state index in [4.69, 9.17) is 11.6 Å². The summed E-state index contributed by atoms with van der Waals surface area (Å²) in [5.74, 6) is 0.361. The lowest BCUT2D eigenvalue weighted by Gasteiger charge is -2.35. The van der Waals surface area contributed by atoms with Gasteiger partial charge < -0.3 is 9.67 Å². The van der Waals surface area contributed by atoms with Crippen molar-refractivity contribution in [1.29, 1.82) is 0 Å². The van der Waals surface area contributed by atoms with E-state index in [1.54, 1.807) is 29.0 Å². The smallest absolute Gasteiger partial charge is 0.240 e. The standard InChI is InChI=1S/C21H26ClF2NO2/c1-14-4-3-9-21(27,12-14)10-7-18(26)15-13-25(11-8-19(23)24)17-6-2-5-16(22)20(15)17/h2,5-6,13-14,19,27H,3-4,7-12H2,1H3/t14-,21+/m0/s1. The van der Waals surface area contributed by atoms with Crippen LogP contribution >= 0.6 is 11.6 Å². The van der Waals surface area contributed by atoms with Gasteiger partial charge in [0, 0.05) is 36.5 Å². The van der Waals surface area contributed by atoms with E-state index in [0.29, 0.717) is 33.8 Å². The molecule has 1 aliphatic rings. The molecule has 0 aliphatic heterocycles. The lowest BCUT2D eigenvalue weighted by atomic mass is 9.76. The second kappa shape index (κ2) is 8.27. The third kappa shape index (κ3) is 4.69. The maximum atomic E-state index is 12.9. The Kier molecular flexibility index (Phi) is 6.21. The number of aromatic nitrogens is 1. The summed E-state index contributed by atoms with van der Waals surface area (Å²) in [4.78, 5) is 12.9. The molecule has 0 radical (unpaired) electrons. The highest BCUT2D eigenvalue weighted by Gasteiger charge is 2.33. The number of benzene rings is 1. The Bertz CT molecular complexity index is 820. The van der Waals surface area contributed by atoms with Crippen LogP contribution in [0.2, 0.25) is 5.02 Å². The number of carbonyl (C=O) groups excluding carboxylic acids is 1. The van der Waals surface area contributed by atoms with Crippen molar-refractivity contribution in [2.75, 3.05) is 0 Å². The molecule has 1 N–H and O–H groups in total. The van der Waals surface area contributed by atoms with Crippen molar-refractivity contribution in [2.45, 2.75) is 70.4 Å². The van der Waals surface area contributed by atoms with Gasteiger partial charge in [-0.2, -0.15) is 0 Å². The Balaban J connectivity index is 1.81. The molecule has 6 heteroatoms. The number of Topliss-reactive ketones (excluding diaryl/α,β-unsaturated/α-hetero) is 1. The molecule has 0 saturated heterocycles. The zero-order valence-corrected chi connectivity index (χ0v) is 16.3. The van der Waals surface area contributed by atoms with Crippen molar-refractivity contribution < 1.29 is 18.7 Å². The first-order valence-corrected chi connectivity index (χ1v) is 9.98. The molecule has 1 heterocycles. The maximum Gasteiger partial charge on any atom is 0.240 e. The zero-order chi connectivity index (χ0) is 19.6. The minimum Gasteiger partial charge on any atom is -0.390 e. The molecule has 1 aliphatic carbocycles. The number of carbonyl (C=O) groups is 1. The van der Waals surface area contributed by atoms with Gasteiger partial charge in [0.15, 0.2) is 5.78 Å². The number of nitrogens with zero attached hydrogens (tertiary/aromatic N) is 1. The molecule has 2 aromatic rings. The van der Waals surface area contributed by atoms with E-state index in [0.717, 1.165) is 25.7 Å². The van der Waals surface area contributed by atoms with Crippen LogP contribution in [0.15, 0.2) is 24.4 Å². The van der Waals surface area contributed by atoms with Gasteiger partial charge in [-0.25, -0.2) is 8.78 Å². The zero-order valence-electron chi connectivity index (χ0n) is 15.6. The average molecular weight is 398 g/mol. The van der Waals surface area contributed by atoms with Gasteiger partial charge in [-0.15, -0.1) is 0 Å². The third-order valence-electron chi connectivity index (χ3n) is 5.63. The van der Waals surface area contributed by atoms with Crippen molar-refractivity contribution in [1.82, 2.24) is 4.57 Å². The minimum absolute atomic E-state index is 0.101.